The topological polar surface area (TPSA) is 50.8 Å². The van der Waals surface area contributed by atoms with Crippen LogP contribution in [0.3, 0.4) is 0 Å². The Morgan fingerprint density at radius 2 is 2.13 bits per heavy atom. The van der Waals surface area contributed by atoms with Crippen LogP contribution in [0.2, 0.25) is 0 Å². The first-order chi connectivity index (χ1) is 11.2. The van der Waals surface area contributed by atoms with Crippen LogP contribution in [-0.4, -0.2) is 38.2 Å². The van der Waals surface area contributed by atoms with Crippen molar-refractivity contribution in [1.29, 1.82) is 0 Å². The molecule has 0 bridgehead atoms. The highest BCUT2D eigenvalue weighted by molar-refractivity contribution is 5.75. The van der Waals surface area contributed by atoms with Crippen LogP contribution in [0.4, 0.5) is 4.79 Å². The number of nitrogens with zero attached hydrogens (tertiary/aromatic N) is 1. The largest absolute Gasteiger partial charge is 0.497 e. The van der Waals surface area contributed by atoms with E-state index >= 15 is 0 Å². The van der Waals surface area contributed by atoms with Crippen molar-refractivity contribution in [3.8, 4) is 11.5 Å². The van der Waals surface area contributed by atoms with Crippen LogP contribution in [0.25, 0.3) is 0 Å². The van der Waals surface area contributed by atoms with E-state index in [0.717, 1.165) is 62.3 Å². The summed E-state index contributed by atoms with van der Waals surface area (Å²) in [6.07, 6.45) is 5.29. The van der Waals surface area contributed by atoms with E-state index in [0.29, 0.717) is 0 Å². The lowest BCUT2D eigenvalue weighted by molar-refractivity contribution is 0.192. The molecule has 1 fully saturated rings. The molecule has 5 nitrogen and oxygen atoms in total. The third-order valence-electron chi connectivity index (χ3n) is 4.37. The summed E-state index contributed by atoms with van der Waals surface area (Å²) in [4.78, 5) is 14.4. The molecule has 2 amide bonds. The lowest BCUT2D eigenvalue weighted by Crippen LogP contribution is -2.39. The molecule has 1 aromatic carbocycles. The summed E-state index contributed by atoms with van der Waals surface area (Å²) < 4.78 is 10.8. The Morgan fingerprint density at radius 3 is 2.83 bits per heavy atom. The Hall–Kier alpha value is -1.91. The molecular weight excluding hydrogens is 292 g/mol. The van der Waals surface area contributed by atoms with Gasteiger partial charge >= 0.3 is 6.03 Å². The molecule has 1 aliphatic rings. The summed E-state index contributed by atoms with van der Waals surface area (Å²) >= 11 is 0. The van der Waals surface area contributed by atoms with Crippen LogP contribution in [0.15, 0.2) is 18.2 Å². The highest BCUT2D eigenvalue weighted by Crippen LogP contribution is 2.38. The minimum atomic E-state index is 0.0217. The number of carbonyl (C=O) groups is 1. The Labute approximate surface area is 139 Å². The summed E-state index contributed by atoms with van der Waals surface area (Å²) in [5, 5.41) is 3.04. The fourth-order valence-corrected chi connectivity index (χ4v) is 3.10. The molecule has 0 aromatic heterocycles. The first-order valence-corrected chi connectivity index (χ1v) is 8.47. The van der Waals surface area contributed by atoms with E-state index in [9.17, 15) is 4.79 Å². The van der Waals surface area contributed by atoms with Crippen molar-refractivity contribution in [3.05, 3.63) is 23.8 Å². The summed E-state index contributed by atoms with van der Waals surface area (Å²) in [5.41, 5.74) is 1.02. The van der Waals surface area contributed by atoms with Gasteiger partial charge in [0.25, 0.3) is 0 Å². The molecule has 0 spiro atoms. The van der Waals surface area contributed by atoms with Crippen LogP contribution in [-0.2, 0) is 0 Å². The number of rotatable bonds is 7. The zero-order valence-corrected chi connectivity index (χ0v) is 14.4. The van der Waals surface area contributed by atoms with Gasteiger partial charge < -0.3 is 19.7 Å². The van der Waals surface area contributed by atoms with Gasteiger partial charge in [-0.2, -0.15) is 0 Å². The minimum Gasteiger partial charge on any atom is -0.497 e. The number of nitrogens with one attached hydrogen (secondary N) is 1. The van der Waals surface area contributed by atoms with Gasteiger partial charge in [0, 0.05) is 18.7 Å². The summed E-state index contributed by atoms with van der Waals surface area (Å²) in [5.74, 6) is 1.59. The van der Waals surface area contributed by atoms with Crippen molar-refractivity contribution < 1.29 is 14.3 Å². The standard InChI is InChI=1S/C18H28N2O3/c1-4-5-6-11-19-18(21)20-12-7-8-16(20)15-13-14(22-2)9-10-17(15)23-3/h9-10,13,16H,4-8,11-12H2,1-3H3,(H,19,21). The van der Waals surface area contributed by atoms with Gasteiger partial charge in [0.15, 0.2) is 0 Å². The number of hydrogen-bond donors (Lipinski definition) is 1. The van der Waals surface area contributed by atoms with E-state index in [1.807, 2.05) is 23.1 Å². The highest BCUT2D eigenvalue weighted by Gasteiger charge is 2.32. The average molecular weight is 320 g/mol. The molecule has 1 saturated heterocycles. The second-order valence-electron chi connectivity index (χ2n) is 5.90. The molecular formula is C18H28N2O3. The molecule has 5 heteroatoms. The summed E-state index contributed by atoms with van der Waals surface area (Å²) in [6, 6.07) is 5.84. The molecule has 1 aliphatic heterocycles. The number of methoxy groups -OCH3 is 2. The van der Waals surface area contributed by atoms with Gasteiger partial charge in [-0.05, 0) is 37.5 Å². The van der Waals surface area contributed by atoms with Gasteiger partial charge in [-0.3, -0.25) is 0 Å². The first-order valence-electron chi connectivity index (χ1n) is 8.47. The quantitative estimate of drug-likeness (QED) is 0.779. The van der Waals surface area contributed by atoms with Crippen LogP contribution in [0, 0.1) is 0 Å². The van der Waals surface area contributed by atoms with Crippen molar-refractivity contribution in [2.24, 2.45) is 0 Å². The van der Waals surface area contributed by atoms with E-state index in [1.165, 1.54) is 0 Å². The fourth-order valence-electron chi connectivity index (χ4n) is 3.10. The van der Waals surface area contributed by atoms with Crippen molar-refractivity contribution in [2.75, 3.05) is 27.3 Å². The van der Waals surface area contributed by atoms with Gasteiger partial charge in [0.1, 0.15) is 11.5 Å². The third-order valence-corrected chi connectivity index (χ3v) is 4.37. The molecule has 1 N–H and O–H groups in total. The SMILES string of the molecule is CCCCCNC(=O)N1CCCC1c1cc(OC)ccc1OC. The maximum absolute atomic E-state index is 12.5. The van der Waals surface area contributed by atoms with Gasteiger partial charge in [0.05, 0.1) is 20.3 Å². The van der Waals surface area contributed by atoms with Gasteiger partial charge in [-0.15, -0.1) is 0 Å². The number of hydrogen-bond acceptors (Lipinski definition) is 3. The first kappa shape index (κ1) is 17.4. The Bertz CT molecular complexity index is 519. The molecule has 23 heavy (non-hydrogen) atoms. The number of amides is 2. The number of unbranched alkanes of at least 4 members (excludes halogenated alkanes) is 2. The summed E-state index contributed by atoms with van der Waals surface area (Å²) in [7, 11) is 3.31. The van der Waals surface area contributed by atoms with Crippen LogP contribution < -0.4 is 14.8 Å². The van der Waals surface area contributed by atoms with E-state index in [2.05, 4.69) is 12.2 Å². The highest BCUT2D eigenvalue weighted by atomic mass is 16.5. The van der Waals surface area contributed by atoms with Gasteiger partial charge in [-0.25, -0.2) is 4.79 Å². The maximum Gasteiger partial charge on any atom is 0.317 e. The van der Waals surface area contributed by atoms with E-state index in [-0.39, 0.29) is 12.1 Å². The molecule has 128 valence electrons. The Morgan fingerprint density at radius 1 is 1.30 bits per heavy atom. The maximum atomic E-state index is 12.5. The van der Waals surface area contributed by atoms with Crippen LogP contribution in [0.5, 0.6) is 11.5 Å². The lowest BCUT2D eigenvalue weighted by Gasteiger charge is -2.27. The molecule has 1 heterocycles. The van der Waals surface area contributed by atoms with Crippen molar-refractivity contribution >= 4 is 6.03 Å². The molecule has 0 aliphatic carbocycles. The predicted molar refractivity (Wildman–Crippen MR) is 91.2 cm³/mol. The van der Waals surface area contributed by atoms with E-state index < -0.39 is 0 Å². The van der Waals surface area contributed by atoms with Crippen LogP contribution in [0.1, 0.15) is 50.6 Å². The second kappa shape index (κ2) is 8.65. The van der Waals surface area contributed by atoms with Crippen molar-refractivity contribution in [2.45, 2.75) is 45.1 Å². The minimum absolute atomic E-state index is 0.0217. The van der Waals surface area contributed by atoms with Crippen LogP contribution >= 0.6 is 0 Å². The number of benzene rings is 1. The fraction of sp³-hybridized carbons (Fsp3) is 0.611. The van der Waals surface area contributed by atoms with E-state index in [4.69, 9.17) is 9.47 Å². The second-order valence-corrected chi connectivity index (χ2v) is 5.90. The molecule has 1 aromatic rings. The predicted octanol–water partition coefficient (Wildman–Crippen LogP) is 3.74. The normalized spacial score (nSPS) is 17.2. The zero-order valence-electron chi connectivity index (χ0n) is 14.4. The Balaban J connectivity index is 2.10. The summed E-state index contributed by atoms with van der Waals surface area (Å²) in [6.45, 7) is 3.68. The van der Waals surface area contributed by atoms with Crippen molar-refractivity contribution in [1.82, 2.24) is 10.2 Å². The number of urea groups is 1. The average Bonchev–Trinajstić information content (AvgIpc) is 3.07. The van der Waals surface area contributed by atoms with Gasteiger partial charge in [0.2, 0.25) is 0 Å². The molecule has 1 atom stereocenters. The molecule has 2 rings (SSSR count). The smallest absolute Gasteiger partial charge is 0.317 e. The molecule has 0 radical (unpaired) electrons. The van der Waals surface area contributed by atoms with Gasteiger partial charge in [-0.1, -0.05) is 19.8 Å². The molecule has 0 saturated carbocycles. The molecule has 1 unspecified atom stereocenters. The Kier molecular flexibility index (Phi) is 6.56. The third kappa shape index (κ3) is 4.30. The number of ether oxygens (including phenoxy) is 2. The van der Waals surface area contributed by atoms with E-state index in [1.54, 1.807) is 14.2 Å². The monoisotopic (exact) mass is 320 g/mol. The number of carbonyl (C=O) groups excluding carboxylic acids is 1. The number of likely N-dealkylation sites (tertiary alicyclic amines) is 1. The zero-order chi connectivity index (χ0) is 16.7. The lowest BCUT2D eigenvalue weighted by atomic mass is 10.0. The van der Waals surface area contributed by atoms with Crippen molar-refractivity contribution in [3.63, 3.8) is 0 Å².